The first kappa shape index (κ1) is 18.0. The summed E-state index contributed by atoms with van der Waals surface area (Å²) in [6, 6.07) is 0. The van der Waals surface area contributed by atoms with Gasteiger partial charge in [0.1, 0.15) is 10.6 Å². The normalized spacial score (nSPS) is 11.0. The van der Waals surface area contributed by atoms with Crippen molar-refractivity contribution in [1.29, 1.82) is 0 Å². The van der Waals surface area contributed by atoms with Gasteiger partial charge in [0.05, 0.1) is 10.4 Å². The van der Waals surface area contributed by atoms with E-state index in [0.29, 0.717) is 5.56 Å². The Kier molecular flexibility index (Phi) is 5.18. The van der Waals surface area contributed by atoms with Crippen LogP contribution in [0.2, 0.25) is 0 Å². The molecule has 0 saturated heterocycles. The fraction of sp³-hybridized carbons (Fsp3) is 0.500. The second-order valence-electron chi connectivity index (χ2n) is 5.89. The molecule has 2 amide bonds. The van der Waals surface area contributed by atoms with Crippen LogP contribution in [-0.2, 0) is 4.74 Å². The SMILES string of the molecule is Cc1c(C(=O)N(C)C)sc(NC(=O)OC(C)(C)C)c1C(=O)O. The Morgan fingerprint density at radius 2 is 1.77 bits per heavy atom. The number of amides is 2. The number of carboxylic acid groups (broad SMARTS) is 1. The molecule has 8 heteroatoms. The standard InChI is InChI=1S/C14H20N2O5S/c1-7-8(12(18)19)10(15-13(20)21-14(2,3)4)22-9(7)11(17)16(5)6/h1-6H3,(H,15,20)(H,18,19). The average molecular weight is 328 g/mol. The molecule has 0 spiro atoms. The number of hydrogen-bond donors (Lipinski definition) is 2. The molecule has 1 rings (SSSR count). The summed E-state index contributed by atoms with van der Waals surface area (Å²) in [5.41, 5.74) is -0.481. The Bertz CT molecular complexity index is 613. The van der Waals surface area contributed by atoms with E-state index in [-0.39, 0.29) is 21.3 Å². The first-order valence-electron chi connectivity index (χ1n) is 6.52. The van der Waals surface area contributed by atoms with Gasteiger partial charge in [-0.1, -0.05) is 0 Å². The minimum Gasteiger partial charge on any atom is -0.478 e. The highest BCUT2D eigenvalue weighted by molar-refractivity contribution is 7.18. The first-order chi connectivity index (χ1) is 9.94. The number of carbonyl (C=O) groups is 3. The number of carboxylic acids is 1. The summed E-state index contributed by atoms with van der Waals surface area (Å²) in [5.74, 6) is -1.53. The van der Waals surface area contributed by atoms with Crippen molar-refractivity contribution >= 4 is 34.3 Å². The smallest absolute Gasteiger partial charge is 0.412 e. The van der Waals surface area contributed by atoms with Crippen molar-refractivity contribution in [2.45, 2.75) is 33.3 Å². The van der Waals surface area contributed by atoms with Gasteiger partial charge in [0.15, 0.2) is 0 Å². The average Bonchev–Trinajstić information content (AvgIpc) is 2.62. The van der Waals surface area contributed by atoms with Crippen molar-refractivity contribution in [3.05, 3.63) is 16.0 Å². The third kappa shape index (κ3) is 4.20. The topological polar surface area (TPSA) is 95.9 Å². The zero-order valence-corrected chi connectivity index (χ0v) is 14.3. The Hall–Kier alpha value is -2.09. The molecule has 0 radical (unpaired) electrons. The van der Waals surface area contributed by atoms with Crippen molar-refractivity contribution in [2.75, 3.05) is 19.4 Å². The lowest BCUT2D eigenvalue weighted by molar-refractivity contribution is 0.0636. The minimum atomic E-state index is -1.21. The van der Waals surface area contributed by atoms with Crippen LogP contribution in [0.4, 0.5) is 9.80 Å². The van der Waals surface area contributed by atoms with Crippen LogP contribution >= 0.6 is 11.3 Å². The minimum absolute atomic E-state index is 0.0875. The summed E-state index contributed by atoms with van der Waals surface area (Å²) < 4.78 is 5.10. The zero-order valence-electron chi connectivity index (χ0n) is 13.4. The van der Waals surface area contributed by atoms with E-state index in [1.54, 1.807) is 34.9 Å². The monoisotopic (exact) mass is 328 g/mol. The van der Waals surface area contributed by atoms with Gasteiger partial charge in [-0.25, -0.2) is 9.59 Å². The maximum atomic E-state index is 12.1. The van der Waals surface area contributed by atoms with Crippen LogP contribution < -0.4 is 5.32 Å². The molecule has 122 valence electrons. The Labute approximate surface area is 132 Å². The van der Waals surface area contributed by atoms with Crippen LogP contribution in [0, 0.1) is 6.92 Å². The van der Waals surface area contributed by atoms with Gasteiger partial charge < -0.3 is 14.7 Å². The van der Waals surface area contributed by atoms with E-state index in [9.17, 15) is 19.5 Å². The molecule has 1 aromatic rings. The number of nitrogens with one attached hydrogen (secondary N) is 1. The molecule has 0 aliphatic heterocycles. The van der Waals surface area contributed by atoms with E-state index in [4.69, 9.17) is 4.74 Å². The predicted octanol–water partition coefficient (Wildman–Crippen LogP) is 2.80. The van der Waals surface area contributed by atoms with Crippen molar-refractivity contribution < 1.29 is 24.2 Å². The number of nitrogens with zero attached hydrogens (tertiary/aromatic N) is 1. The van der Waals surface area contributed by atoms with Crippen LogP contribution in [0.15, 0.2) is 0 Å². The molecular weight excluding hydrogens is 308 g/mol. The summed E-state index contributed by atoms with van der Waals surface area (Å²) in [7, 11) is 3.14. The van der Waals surface area contributed by atoms with Crippen LogP contribution in [0.1, 0.15) is 46.4 Å². The maximum Gasteiger partial charge on any atom is 0.412 e. The molecule has 0 aliphatic carbocycles. The first-order valence-corrected chi connectivity index (χ1v) is 7.34. The summed E-state index contributed by atoms with van der Waals surface area (Å²) in [4.78, 5) is 36.9. The van der Waals surface area contributed by atoms with Gasteiger partial charge in [-0.05, 0) is 33.3 Å². The van der Waals surface area contributed by atoms with Gasteiger partial charge in [0.2, 0.25) is 0 Å². The van der Waals surface area contributed by atoms with E-state index in [2.05, 4.69) is 5.32 Å². The van der Waals surface area contributed by atoms with Gasteiger partial charge >= 0.3 is 12.1 Å². The third-order valence-electron chi connectivity index (χ3n) is 2.58. The zero-order chi connectivity index (χ0) is 17.2. The lowest BCUT2D eigenvalue weighted by atomic mass is 10.1. The second-order valence-corrected chi connectivity index (χ2v) is 6.91. The fourth-order valence-corrected chi connectivity index (χ4v) is 2.87. The van der Waals surface area contributed by atoms with Crippen molar-refractivity contribution in [3.63, 3.8) is 0 Å². The molecule has 1 aromatic heterocycles. The van der Waals surface area contributed by atoms with Crippen molar-refractivity contribution in [1.82, 2.24) is 4.90 Å². The highest BCUT2D eigenvalue weighted by Gasteiger charge is 2.27. The molecule has 0 saturated carbocycles. The Balaban J connectivity index is 3.19. The van der Waals surface area contributed by atoms with Crippen LogP contribution in [0.3, 0.4) is 0 Å². The molecule has 0 atom stereocenters. The van der Waals surface area contributed by atoms with Gasteiger partial charge in [-0.2, -0.15) is 0 Å². The number of anilines is 1. The number of rotatable bonds is 3. The number of aromatic carboxylic acids is 1. The van der Waals surface area contributed by atoms with Gasteiger partial charge in [-0.3, -0.25) is 10.1 Å². The van der Waals surface area contributed by atoms with Crippen molar-refractivity contribution in [3.8, 4) is 0 Å². The van der Waals surface area contributed by atoms with Gasteiger partial charge in [0.25, 0.3) is 5.91 Å². The molecule has 7 nitrogen and oxygen atoms in total. The summed E-state index contributed by atoms with van der Waals surface area (Å²) in [6.45, 7) is 6.64. The van der Waals surface area contributed by atoms with Crippen LogP contribution in [-0.4, -0.2) is 47.7 Å². The quantitative estimate of drug-likeness (QED) is 0.889. The largest absolute Gasteiger partial charge is 0.478 e. The molecule has 0 fully saturated rings. The van der Waals surface area contributed by atoms with E-state index >= 15 is 0 Å². The highest BCUT2D eigenvalue weighted by atomic mass is 32.1. The summed E-state index contributed by atoms with van der Waals surface area (Å²) in [6.07, 6.45) is -0.764. The Morgan fingerprint density at radius 1 is 1.23 bits per heavy atom. The number of hydrogen-bond acceptors (Lipinski definition) is 5. The molecule has 0 aromatic carbocycles. The third-order valence-corrected chi connectivity index (χ3v) is 3.77. The Morgan fingerprint density at radius 3 is 2.18 bits per heavy atom. The maximum absolute atomic E-state index is 12.1. The predicted molar refractivity (Wildman–Crippen MR) is 83.9 cm³/mol. The van der Waals surface area contributed by atoms with Gasteiger partial charge in [0, 0.05) is 14.1 Å². The molecule has 0 bridgehead atoms. The van der Waals surface area contributed by atoms with E-state index in [0.717, 1.165) is 11.3 Å². The lowest BCUT2D eigenvalue weighted by Gasteiger charge is -2.19. The number of carbonyl (C=O) groups excluding carboxylic acids is 2. The van der Waals surface area contributed by atoms with Crippen molar-refractivity contribution in [2.24, 2.45) is 0 Å². The molecule has 1 heterocycles. The summed E-state index contributed by atoms with van der Waals surface area (Å²) in [5, 5.41) is 11.8. The van der Waals surface area contributed by atoms with Crippen LogP contribution in [0.25, 0.3) is 0 Å². The van der Waals surface area contributed by atoms with E-state index in [1.165, 1.54) is 11.8 Å². The van der Waals surface area contributed by atoms with Crippen LogP contribution in [0.5, 0.6) is 0 Å². The fourth-order valence-electron chi connectivity index (χ4n) is 1.66. The molecule has 0 aliphatic rings. The molecule has 22 heavy (non-hydrogen) atoms. The van der Waals surface area contributed by atoms with E-state index in [1.807, 2.05) is 0 Å². The molecule has 0 unspecified atom stereocenters. The van der Waals surface area contributed by atoms with Gasteiger partial charge in [-0.15, -0.1) is 11.3 Å². The number of ether oxygens (including phenoxy) is 1. The van der Waals surface area contributed by atoms with E-state index < -0.39 is 17.7 Å². The lowest BCUT2D eigenvalue weighted by Crippen LogP contribution is -2.27. The number of thiophene rings is 1. The highest BCUT2D eigenvalue weighted by Crippen LogP contribution is 2.34. The molecule has 2 N–H and O–H groups in total. The molecular formula is C14H20N2O5S. The summed E-state index contributed by atoms with van der Waals surface area (Å²) >= 11 is 0.921. The second kappa shape index (κ2) is 6.35.